The molecule has 0 unspecified atom stereocenters. The lowest BCUT2D eigenvalue weighted by atomic mass is 10.0. The highest BCUT2D eigenvalue weighted by Gasteiger charge is 2.23. The van der Waals surface area contributed by atoms with E-state index in [0.29, 0.717) is 11.7 Å². The van der Waals surface area contributed by atoms with Crippen molar-refractivity contribution in [3.05, 3.63) is 29.6 Å². The summed E-state index contributed by atoms with van der Waals surface area (Å²) in [4.78, 5) is 2.36. The molecule has 3 heteroatoms. The summed E-state index contributed by atoms with van der Waals surface area (Å²) in [5.41, 5.74) is 1.69. The van der Waals surface area contributed by atoms with Crippen LogP contribution in [0.4, 0.5) is 10.1 Å². The predicted molar refractivity (Wildman–Crippen MR) is 60.6 cm³/mol. The van der Waals surface area contributed by atoms with Crippen molar-refractivity contribution in [2.75, 3.05) is 25.5 Å². The fourth-order valence-electron chi connectivity index (χ4n) is 2.08. The Morgan fingerprint density at radius 2 is 2.13 bits per heavy atom. The maximum atomic E-state index is 13.5. The van der Waals surface area contributed by atoms with E-state index in [1.807, 2.05) is 6.07 Å². The van der Waals surface area contributed by atoms with Crippen LogP contribution in [0.1, 0.15) is 24.9 Å². The normalized spacial score (nSPS) is 18.3. The maximum Gasteiger partial charge on any atom is 0.146 e. The van der Waals surface area contributed by atoms with Crippen LogP contribution in [0, 0.1) is 5.82 Å². The van der Waals surface area contributed by atoms with E-state index in [-0.39, 0.29) is 5.82 Å². The van der Waals surface area contributed by atoms with E-state index in [9.17, 15) is 4.39 Å². The molecule has 1 aliphatic rings. The predicted octanol–water partition coefficient (Wildman–Crippen LogP) is 2.63. The minimum atomic E-state index is -0.164. The Morgan fingerprint density at radius 1 is 1.40 bits per heavy atom. The Hall–Kier alpha value is -1.09. The molecule has 0 bridgehead atoms. The topological polar surface area (TPSA) is 15.3 Å². The molecule has 1 aliphatic heterocycles. The van der Waals surface area contributed by atoms with E-state index in [0.717, 1.165) is 18.7 Å². The minimum Gasteiger partial charge on any atom is -0.385 e. The van der Waals surface area contributed by atoms with Gasteiger partial charge in [-0.05, 0) is 38.1 Å². The summed E-state index contributed by atoms with van der Waals surface area (Å²) in [5, 5.41) is 2.95. The summed E-state index contributed by atoms with van der Waals surface area (Å²) < 4.78 is 13.5. The Morgan fingerprint density at radius 3 is 2.67 bits per heavy atom. The molecule has 0 aliphatic carbocycles. The molecule has 2 rings (SSSR count). The first-order valence-electron chi connectivity index (χ1n) is 5.44. The van der Waals surface area contributed by atoms with E-state index in [2.05, 4.69) is 17.1 Å². The summed E-state index contributed by atoms with van der Waals surface area (Å²) in [6, 6.07) is 5.58. The third kappa shape index (κ3) is 1.84. The molecular formula is C12H17FN2. The van der Waals surface area contributed by atoms with Crippen LogP contribution in [-0.2, 0) is 0 Å². The average Bonchev–Trinajstić information content (AvgIpc) is 2.14. The molecule has 2 nitrogen and oxygen atoms in total. The number of para-hydroxylation sites is 1. The van der Waals surface area contributed by atoms with Gasteiger partial charge in [-0.25, -0.2) is 4.39 Å². The second-order valence-electron chi connectivity index (χ2n) is 4.02. The fourth-order valence-corrected chi connectivity index (χ4v) is 2.08. The van der Waals surface area contributed by atoms with Crippen molar-refractivity contribution in [3.8, 4) is 0 Å². The van der Waals surface area contributed by atoms with Crippen molar-refractivity contribution in [1.82, 2.24) is 4.90 Å². The number of likely N-dealkylation sites (tertiary alicyclic amines) is 1. The molecule has 1 aromatic carbocycles. The van der Waals surface area contributed by atoms with Crippen molar-refractivity contribution in [2.45, 2.75) is 19.4 Å². The van der Waals surface area contributed by atoms with Crippen molar-refractivity contribution in [1.29, 1.82) is 0 Å². The van der Waals surface area contributed by atoms with Crippen molar-refractivity contribution in [3.63, 3.8) is 0 Å². The van der Waals surface area contributed by atoms with Crippen LogP contribution in [0.3, 0.4) is 0 Å². The zero-order valence-corrected chi connectivity index (χ0v) is 9.26. The molecule has 1 saturated heterocycles. The maximum absolute atomic E-state index is 13.5. The zero-order chi connectivity index (χ0) is 10.8. The largest absolute Gasteiger partial charge is 0.385 e. The number of hydrogen-bond acceptors (Lipinski definition) is 2. The van der Waals surface area contributed by atoms with Crippen LogP contribution in [0.15, 0.2) is 18.2 Å². The Labute approximate surface area is 90.1 Å². The van der Waals surface area contributed by atoms with Gasteiger partial charge in [0, 0.05) is 13.1 Å². The summed E-state index contributed by atoms with van der Waals surface area (Å²) in [6.45, 7) is 4.39. The lowest BCUT2D eigenvalue weighted by Crippen LogP contribution is -2.39. The third-order valence-corrected chi connectivity index (χ3v) is 3.18. The van der Waals surface area contributed by atoms with Gasteiger partial charge in [-0.3, -0.25) is 4.90 Å². The highest BCUT2D eigenvalue weighted by atomic mass is 19.1. The minimum absolute atomic E-state index is 0.164. The van der Waals surface area contributed by atoms with Gasteiger partial charge in [0.05, 0.1) is 5.69 Å². The third-order valence-electron chi connectivity index (χ3n) is 3.18. The first kappa shape index (κ1) is 10.4. The molecule has 1 heterocycles. The SMILES string of the molecule is CNc1c(F)cccc1[C@@H](C)N1CCC1. The van der Waals surface area contributed by atoms with E-state index >= 15 is 0 Å². The van der Waals surface area contributed by atoms with Crippen LogP contribution in [-0.4, -0.2) is 25.0 Å². The smallest absolute Gasteiger partial charge is 0.146 e. The van der Waals surface area contributed by atoms with Crippen LogP contribution in [0.2, 0.25) is 0 Å². The highest BCUT2D eigenvalue weighted by molar-refractivity contribution is 5.53. The molecule has 0 aromatic heterocycles. The van der Waals surface area contributed by atoms with E-state index in [4.69, 9.17) is 0 Å². The van der Waals surface area contributed by atoms with E-state index in [1.54, 1.807) is 13.1 Å². The quantitative estimate of drug-likeness (QED) is 0.821. The highest BCUT2D eigenvalue weighted by Crippen LogP contribution is 2.31. The molecule has 0 radical (unpaired) electrons. The Kier molecular flexibility index (Phi) is 2.91. The van der Waals surface area contributed by atoms with Gasteiger partial charge in [-0.15, -0.1) is 0 Å². The summed E-state index contributed by atoms with van der Waals surface area (Å²) in [6.07, 6.45) is 1.26. The van der Waals surface area contributed by atoms with Gasteiger partial charge >= 0.3 is 0 Å². The monoisotopic (exact) mass is 208 g/mol. The van der Waals surface area contributed by atoms with Gasteiger partial charge in [0.2, 0.25) is 0 Å². The molecule has 1 fully saturated rings. The molecule has 1 atom stereocenters. The number of nitrogens with one attached hydrogen (secondary N) is 1. The molecule has 0 spiro atoms. The molecule has 0 saturated carbocycles. The molecular weight excluding hydrogens is 191 g/mol. The van der Waals surface area contributed by atoms with Crippen molar-refractivity contribution >= 4 is 5.69 Å². The fraction of sp³-hybridized carbons (Fsp3) is 0.500. The molecule has 1 aromatic rings. The lowest BCUT2D eigenvalue weighted by Gasteiger charge is -2.37. The van der Waals surface area contributed by atoms with Crippen LogP contribution >= 0.6 is 0 Å². The number of hydrogen-bond donors (Lipinski definition) is 1. The second-order valence-corrected chi connectivity index (χ2v) is 4.02. The molecule has 1 N–H and O–H groups in total. The summed E-state index contributed by atoms with van der Waals surface area (Å²) in [7, 11) is 1.77. The molecule has 0 amide bonds. The Balaban J connectivity index is 2.29. The van der Waals surface area contributed by atoms with E-state index in [1.165, 1.54) is 12.5 Å². The summed E-state index contributed by atoms with van der Waals surface area (Å²) in [5.74, 6) is -0.164. The van der Waals surface area contributed by atoms with Crippen LogP contribution in [0.25, 0.3) is 0 Å². The van der Waals surface area contributed by atoms with Gasteiger partial charge in [0.25, 0.3) is 0 Å². The van der Waals surface area contributed by atoms with Gasteiger partial charge < -0.3 is 5.32 Å². The van der Waals surface area contributed by atoms with Crippen LogP contribution in [0.5, 0.6) is 0 Å². The first-order valence-corrected chi connectivity index (χ1v) is 5.44. The Bertz CT molecular complexity index is 347. The van der Waals surface area contributed by atoms with Crippen molar-refractivity contribution < 1.29 is 4.39 Å². The van der Waals surface area contributed by atoms with Crippen LogP contribution < -0.4 is 5.32 Å². The standard InChI is InChI=1S/C12H17FN2/c1-9(15-7-4-8-15)10-5-3-6-11(13)12(10)14-2/h3,5-6,9,14H,4,7-8H2,1-2H3/t9-/m1/s1. The first-order chi connectivity index (χ1) is 7.24. The average molecular weight is 208 g/mol. The molecule has 82 valence electrons. The molecule has 15 heavy (non-hydrogen) atoms. The number of nitrogens with zero attached hydrogens (tertiary/aromatic N) is 1. The number of anilines is 1. The number of benzene rings is 1. The van der Waals surface area contributed by atoms with Gasteiger partial charge in [0.1, 0.15) is 5.82 Å². The second kappa shape index (κ2) is 4.19. The van der Waals surface area contributed by atoms with Gasteiger partial charge in [-0.1, -0.05) is 12.1 Å². The van der Waals surface area contributed by atoms with E-state index < -0.39 is 0 Å². The number of halogens is 1. The lowest BCUT2D eigenvalue weighted by molar-refractivity contribution is 0.129. The van der Waals surface area contributed by atoms with Gasteiger partial charge in [0.15, 0.2) is 0 Å². The van der Waals surface area contributed by atoms with Crippen molar-refractivity contribution in [2.24, 2.45) is 0 Å². The van der Waals surface area contributed by atoms with Gasteiger partial charge in [-0.2, -0.15) is 0 Å². The summed E-state index contributed by atoms with van der Waals surface area (Å²) >= 11 is 0. The zero-order valence-electron chi connectivity index (χ0n) is 9.26. The number of rotatable bonds is 3.